The van der Waals surface area contributed by atoms with Gasteiger partial charge in [-0.3, -0.25) is 0 Å². The molecule has 0 radical (unpaired) electrons. The van der Waals surface area contributed by atoms with E-state index in [2.05, 4.69) is 18.7 Å². The van der Waals surface area contributed by atoms with Gasteiger partial charge in [0.15, 0.2) is 8.68 Å². The molecule has 2 rings (SSSR count). The molecule has 0 bridgehead atoms. The second-order valence-electron chi connectivity index (χ2n) is 1.58. The number of hydrogen-bond donors (Lipinski definition) is 0. The van der Waals surface area contributed by atoms with E-state index in [9.17, 15) is 0 Å². The second kappa shape index (κ2) is 4.17. The van der Waals surface area contributed by atoms with Crippen molar-refractivity contribution in [3.05, 3.63) is 12.7 Å². The van der Waals surface area contributed by atoms with Gasteiger partial charge in [0.25, 0.3) is 0 Å². The summed E-state index contributed by atoms with van der Waals surface area (Å²) in [5.41, 5.74) is 0. The lowest BCUT2D eigenvalue weighted by atomic mass is 11.3. The quantitative estimate of drug-likeness (QED) is 0.759. The first-order chi connectivity index (χ1) is 5.95. The van der Waals surface area contributed by atoms with Crippen LogP contribution in [0.15, 0.2) is 21.3 Å². The van der Waals surface area contributed by atoms with Crippen LogP contribution in [0.25, 0.3) is 0 Å². The molecule has 0 aliphatic heterocycles. The Morgan fingerprint density at radius 2 is 1.42 bits per heavy atom. The zero-order chi connectivity index (χ0) is 8.23. The number of rotatable bonds is 3. The summed E-state index contributed by atoms with van der Waals surface area (Å²) in [4.78, 5) is 8.04. The highest BCUT2D eigenvalue weighted by molar-refractivity contribution is 8.77. The molecule has 0 saturated carbocycles. The lowest BCUT2D eigenvalue weighted by Crippen LogP contribution is -1.62. The Bertz CT molecular complexity index is 282. The molecule has 0 amide bonds. The Morgan fingerprint density at radius 1 is 0.917 bits per heavy atom. The third-order valence-electron chi connectivity index (χ3n) is 0.866. The standard InChI is InChI=1S/C4H2N4S4/c1-5-3(9-7-1)11-12-4-6-2-8-10-4/h1-2H. The third kappa shape index (κ3) is 2.16. The fourth-order valence-corrected chi connectivity index (χ4v) is 3.70. The predicted molar refractivity (Wildman–Crippen MR) is 51.5 cm³/mol. The summed E-state index contributed by atoms with van der Waals surface area (Å²) in [7, 11) is 3.11. The monoisotopic (exact) mass is 234 g/mol. The Labute approximate surface area is 84.6 Å². The minimum Gasteiger partial charge on any atom is -0.216 e. The summed E-state index contributed by atoms with van der Waals surface area (Å²) in [6, 6.07) is 0. The van der Waals surface area contributed by atoms with Crippen LogP contribution in [-0.4, -0.2) is 18.7 Å². The van der Waals surface area contributed by atoms with E-state index in [1.165, 1.54) is 23.1 Å². The molecule has 62 valence electrons. The molecule has 0 atom stereocenters. The van der Waals surface area contributed by atoms with E-state index in [0.717, 1.165) is 8.68 Å². The van der Waals surface area contributed by atoms with Crippen molar-refractivity contribution in [2.24, 2.45) is 0 Å². The highest BCUT2D eigenvalue weighted by Crippen LogP contribution is 2.37. The van der Waals surface area contributed by atoms with E-state index in [1.807, 2.05) is 0 Å². The number of aromatic nitrogens is 4. The fourth-order valence-electron chi connectivity index (χ4n) is 0.471. The maximum atomic E-state index is 4.02. The molecular weight excluding hydrogens is 232 g/mol. The van der Waals surface area contributed by atoms with E-state index in [4.69, 9.17) is 0 Å². The van der Waals surface area contributed by atoms with Crippen molar-refractivity contribution in [3.8, 4) is 0 Å². The third-order valence-corrected chi connectivity index (χ3v) is 5.15. The van der Waals surface area contributed by atoms with Gasteiger partial charge in [0, 0.05) is 0 Å². The van der Waals surface area contributed by atoms with Crippen LogP contribution >= 0.6 is 44.7 Å². The molecule has 2 heterocycles. The molecular formula is C4H2N4S4. The number of hydrogen-bond acceptors (Lipinski definition) is 8. The summed E-state index contributed by atoms with van der Waals surface area (Å²) in [6.45, 7) is 0. The largest absolute Gasteiger partial charge is 0.216 e. The molecule has 12 heavy (non-hydrogen) atoms. The Hall–Kier alpha value is -0.180. The van der Waals surface area contributed by atoms with E-state index in [0.29, 0.717) is 0 Å². The Balaban J connectivity index is 1.91. The van der Waals surface area contributed by atoms with E-state index < -0.39 is 0 Å². The maximum absolute atomic E-state index is 4.02. The Morgan fingerprint density at radius 3 is 1.75 bits per heavy atom. The molecule has 4 nitrogen and oxygen atoms in total. The van der Waals surface area contributed by atoms with Crippen LogP contribution in [0.3, 0.4) is 0 Å². The first kappa shape index (κ1) is 8.42. The first-order valence-corrected chi connectivity index (χ1v) is 6.52. The van der Waals surface area contributed by atoms with Crippen molar-refractivity contribution in [3.63, 3.8) is 0 Å². The summed E-state index contributed by atoms with van der Waals surface area (Å²) in [5, 5.41) is 0. The first-order valence-electron chi connectivity index (χ1n) is 2.83. The topological polar surface area (TPSA) is 51.6 Å². The van der Waals surface area contributed by atoms with Gasteiger partial charge in [-0.2, -0.15) is 8.75 Å². The van der Waals surface area contributed by atoms with Gasteiger partial charge in [-0.05, 0) is 44.7 Å². The Kier molecular flexibility index (Phi) is 2.93. The van der Waals surface area contributed by atoms with Gasteiger partial charge in [-0.25, -0.2) is 9.97 Å². The van der Waals surface area contributed by atoms with E-state index >= 15 is 0 Å². The highest BCUT2D eigenvalue weighted by atomic mass is 33.1. The minimum absolute atomic E-state index is 0.940. The van der Waals surface area contributed by atoms with Gasteiger partial charge in [0.2, 0.25) is 0 Å². The lowest BCUT2D eigenvalue weighted by Gasteiger charge is -1.87. The molecule has 2 aromatic rings. The van der Waals surface area contributed by atoms with Gasteiger partial charge in [0.1, 0.15) is 12.7 Å². The predicted octanol–water partition coefficient (Wildman–Crippen LogP) is 2.19. The van der Waals surface area contributed by atoms with Crippen LogP contribution in [0.4, 0.5) is 0 Å². The molecule has 0 unspecified atom stereocenters. The molecule has 0 N–H and O–H groups in total. The molecule has 2 aromatic heterocycles. The second-order valence-corrected chi connectivity index (χ2v) is 5.76. The summed E-state index contributed by atoms with van der Waals surface area (Å²) >= 11 is 2.76. The molecule has 0 spiro atoms. The van der Waals surface area contributed by atoms with E-state index in [-0.39, 0.29) is 0 Å². The fraction of sp³-hybridized carbons (Fsp3) is 0. The molecule has 8 heteroatoms. The minimum atomic E-state index is 0.940. The average molecular weight is 234 g/mol. The van der Waals surface area contributed by atoms with Crippen LogP contribution in [0.2, 0.25) is 0 Å². The molecule has 0 aliphatic carbocycles. The van der Waals surface area contributed by atoms with Crippen LogP contribution in [0, 0.1) is 0 Å². The van der Waals surface area contributed by atoms with Gasteiger partial charge < -0.3 is 0 Å². The van der Waals surface area contributed by atoms with Gasteiger partial charge >= 0.3 is 0 Å². The normalized spacial score (nSPS) is 10.3. The average Bonchev–Trinajstić information content (AvgIpc) is 2.74. The lowest BCUT2D eigenvalue weighted by molar-refractivity contribution is 1.22. The van der Waals surface area contributed by atoms with Crippen molar-refractivity contribution in [2.45, 2.75) is 8.68 Å². The van der Waals surface area contributed by atoms with Crippen molar-refractivity contribution < 1.29 is 0 Å². The highest BCUT2D eigenvalue weighted by Gasteiger charge is 2.01. The molecule has 0 aromatic carbocycles. The SMILES string of the molecule is c1nsc(SSc2ncns2)n1. The van der Waals surface area contributed by atoms with Gasteiger partial charge in [-0.1, -0.05) is 0 Å². The van der Waals surface area contributed by atoms with Crippen molar-refractivity contribution in [1.82, 2.24) is 18.7 Å². The maximum Gasteiger partial charge on any atom is 0.180 e. The zero-order valence-electron chi connectivity index (χ0n) is 5.58. The summed E-state index contributed by atoms with van der Waals surface area (Å²) in [6.07, 6.45) is 3.10. The van der Waals surface area contributed by atoms with Crippen LogP contribution in [0.5, 0.6) is 0 Å². The molecule has 0 aliphatic rings. The van der Waals surface area contributed by atoms with Crippen LogP contribution in [-0.2, 0) is 0 Å². The van der Waals surface area contributed by atoms with Crippen molar-refractivity contribution >= 4 is 44.7 Å². The molecule has 0 saturated heterocycles. The van der Waals surface area contributed by atoms with E-state index in [1.54, 1.807) is 34.2 Å². The summed E-state index contributed by atoms with van der Waals surface area (Å²) < 4.78 is 9.65. The van der Waals surface area contributed by atoms with Crippen LogP contribution in [0.1, 0.15) is 0 Å². The summed E-state index contributed by atoms with van der Waals surface area (Å²) in [5.74, 6) is 0. The van der Waals surface area contributed by atoms with Crippen LogP contribution < -0.4 is 0 Å². The zero-order valence-corrected chi connectivity index (χ0v) is 8.84. The smallest absolute Gasteiger partial charge is 0.180 e. The van der Waals surface area contributed by atoms with Gasteiger partial charge in [0.05, 0.1) is 0 Å². The van der Waals surface area contributed by atoms with Crippen molar-refractivity contribution in [2.75, 3.05) is 0 Å². The van der Waals surface area contributed by atoms with Crippen molar-refractivity contribution in [1.29, 1.82) is 0 Å². The molecule has 0 fully saturated rings. The van der Waals surface area contributed by atoms with Gasteiger partial charge in [-0.15, -0.1) is 0 Å². The number of nitrogens with zero attached hydrogens (tertiary/aromatic N) is 4.